The third kappa shape index (κ3) is 7.46. The molecule has 0 atom stereocenters. The Kier molecular flexibility index (Phi) is 8.12. The van der Waals surface area contributed by atoms with Gasteiger partial charge in [0.25, 0.3) is 0 Å². The largest absolute Gasteiger partial charge is 0.464 e. The molecule has 1 aromatic carbocycles. The Morgan fingerprint density at radius 3 is 2.48 bits per heavy atom. The minimum absolute atomic E-state index is 0.241. The fourth-order valence-corrected chi connectivity index (χ4v) is 1.62. The molecule has 0 aliphatic carbocycles. The average Bonchev–Trinajstić information content (AvgIpc) is 2.46. The molecule has 1 aromatic rings. The lowest BCUT2D eigenvalue weighted by Crippen LogP contribution is -2.20. The molecule has 0 radical (unpaired) electrons. The van der Waals surface area contributed by atoms with Crippen molar-refractivity contribution in [3.63, 3.8) is 0 Å². The molecule has 0 saturated carbocycles. The van der Waals surface area contributed by atoms with Crippen molar-refractivity contribution < 1.29 is 23.8 Å². The highest BCUT2D eigenvalue weighted by atomic mass is 16.6. The van der Waals surface area contributed by atoms with Crippen molar-refractivity contribution >= 4 is 11.9 Å². The predicted molar refractivity (Wildman–Crippen MR) is 78.1 cm³/mol. The lowest BCUT2D eigenvalue weighted by Gasteiger charge is -2.07. The van der Waals surface area contributed by atoms with E-state index in [9.17, 15) is 9.59 Å². The van der Waals surface area contributed by atoms with Crippen molar-refractivity contribution in [3.05, 3.63) is 29.8 Å². The van der Waals surface area contributed by atoms with Crippen LogP contribution in [-0.2, 0) is 19.1 Å². The van der Waals surface area contributed by atoms with Gasteiger partial charge in [0.15, 0.2) is 0 Å². The summed E-state index contributed by atoms with van der Waals surface area (Å²) in [6, 6.07) is 7.19. The van der Waals surface area contributed by atoms with Crippen molar-refractivity contribution in [2.45, 2.75) is 33.1 Å². The predicted octanol–water partition coefficient (Wildman–Crippen LogP) is 2.65. The zero-order chi connectivity index (χ0) is 15.5. The minimum Gasteiger partial charge on any atom is -0.464 e. The van der Waals surface area contributed by atoms with Gasteiger partial charge in [0.2, 0.25) is 0 Å². The zero-order valence-electron chi connectivity index (χ0n) is 12.6. The number of rotatable bonds is 9. The van der Waals surface area contributed by atoms with E-state index < -0.39 is 11.9 Å². The summed E-state index contributed by atoms with van der Waals surface area (Å²) in [5.41, 5.74) is 0.862. The summed E-state index contributed by atoms with van der Waals surface area (Å²) in [4.78, 5) is 22.8. The Morgan fingerprint density at radius 2 is 1.76 bits per heavy atom. The van der Waals surface area contributed by atoms with Crippen LogP contribution in [0.15, 0.2) is 24.3 Å². The van der Waals surface area contributed by atoms with Crippen LogP contribution in [0.5, 0.6) is 5.75 Å². The molecule has 0 aliphatic heterocycles. The van der Waals surface area contributed by atoms with E-state index in [-0.39, 0.29) is 13.2 Å². The molecule has 0 N–H and O–H groups in total. The number of carbonyl (C=O) groups is 2. The number of ether oxygens (including phenoxy) is 3. The Bertz CT molecular complexity index is 456. The Labute approximate surface area is 125 Å². The van der Waals surface area contributed by atoms with E-state index in [2.05, 4.69) is 6.92 Å². The average molecular weight is 294 g/mol. The van der Waals surface area contributed by atoms with Gasteiger partial charge >= 0.3 is 11.9 Å². The van der Waals surface area contributed by atoms with Gasteiger partial charge in [-0.1, -0.05) is 38.0 Å². The molecule has 0 unspecified atom stereocenters. The summed E-state index contributed by atoms with van der Waals surface area (Å²) < 4.78 is 15.0. The van der Waals surface area contributed by atoms with Gasteiger partial charge in [-0.25, -0.2) is 9.59 Å². The number of carbonyl (C=O) groups excluding carboxylic acids is 2. The van der Waals surface area contributed by atoms with Crippen molar-refractivity contribution in [1.82, 2.24) is 0 Å². The molecule has 5 nitrogen and oxygen atoms in total. The minimum atomic E-state index is -0.539. The van der Waals surface area contributed by atoms with Gasteiger partial charge in [0.05, 0.1) is 6.61 Å². The highest BCUT2D eigenvalue weighted by Gasteiger charge is 2.09. The standard InChI is InChI=1S/C16H22O5/c1-3-4-7-10-20-15(17)11-19-12-16(18)21-14-9-6-5-8-13(14)2/h5-6,8-9H,3-4,7,10-12H2,1-2H3. The molecular formula is C16H22O5. The van der Waals surface area contributed by atoms with Gasteiger partial charge in [-0.3, -0.25) is 0 Å². The number of para-hydroxylation sites is 1. The molecule has 0 saturated heterocycles. The van der Waals surface area contributed by atoms with Gasteiger partial charge in [-0.05, 0) is 25.0 Å². The van der Waals surface area contributed by atoms with Gasteiger partial charge < -0.3 is 14.2 Å². The second kappa shape index (κ2) is 9.94. The fourth-order valence-electron chi connectivity index (χ4n) is 1.62. The first kappa shape index (κ1) is 17.2. The van der Waals surface area contributed by atoms with E-state index in [1.54, 1.807) is 12.1 Å². The summed E-state index contributed by atoms with van der Waals surface area (Å²) >= 11 is 0. The normalized spacial score (nSPS) is 10.2. The summed E-state index contributed by atoms with van der Waals surface area (Å²) in [7, 11) is 0. The topological polar surface area (TPSA) is 61.8 Å². The third-order valence-corrected chi connectivity index (χ3v) is 2.77. The lowest BCUT2D eigenvalue weighted by molar-refractivity contribution is -0.152. The van der Waals surface area contributed by atoms with E-state index in [1.165, 1.54) is 0 Å². The monoisotopic (exact) mass is 294 g/mol. The first-order valence-corrected chi connectivity index (χ1v) is 7.13. The van der Waals surface area contributed by atoms with Crippen LogP contribution < -0.4 is 4.74 Å². The zero-order valence-corrected chi connectivity index (χ0v) is 12.6. The van der Waals surface area contributed by atoms with Crippen LogP contribution >= 0.6 is 0 Å². The van der Waals surface area contributed by atoms with Crippen LogP contribution in [0.4, 0.5) is 0 Å². The summed E-state index contributed by atoms with van der Waals surface area (Å²) in [5, 5.41) is 0. The van der Waals surface area contributed by atoms with E-state index in [0.717, 1.165) is 24.8 Å². The summed E-state index contributed by atoms with van der Waals surface area (Å²) in [6.45, 7) is 3.79. The number of hydrogen-bond donors (Lipinski definition) is 0. The Morgan fingerprint density at radius 1 is 1.05 bits per heavy atom. The van der Waals surface area contributed by atoms with E-state index in [4.69, 9.17) is 14.2 Å². The first-order chi connectivity index (χ1) is 10.1. The van der Waals surface area contributed by atoms with Gasteiger partial charge in [-0.2, -0.15) is 0 Å². The number of hydrogen-bond acceptors (Lipinski definition) is 5. The molecular weight excluding hydrogens is 272 g/mol. The second-order valence-electron chi connectivity index (χ2n) is 4.66. The maximum atomic E-state index is 11.5. The van der Waals surface area contributed by atoms with E-state index in [0.29, 0.717) is 12.4 Å². The second-order valence-corrected chi connectivity index (χ2v) is 4.66. The summed E-state index contributed by atoms with van der Waals surface area (Å²) in [5.74, 6) is -0.508. The number of aryl methyl sites for hydroxylation is 1. The number of unbranched alkanes of at least 4 members (excludes halogenated alkanes) is 2. The van der Waals surface area contributed by atoms with Crippen molar-refractivity contribution in [3.8, 4) is 5.75 Å². The molecule has 21 heavy (non-hydrogen) atoms. The smallest absolute Gasteiger partial charge is 0.337 e. The van der Waals surface area contributed by atoms with Crippen molar-refractivity contribution in [2.75, 3.05) is 19.8 Å². The van der Waals surface area contributed by atoms with E-state index in [1.807, 2.05) is 19.1 Å². The molecule has 116 valence electrons. The van der Waals surface area contributed by atoms with Crippen LogP contribution in [-0.4, -0.2) is 31.8 Å². The maximum Gasteiger partial charge on any atom is 0.337 e. The van der Waals surface area contributed by atoms with Crippen LogP contribution in [0.3, 0.4) is 0 Å². The first-order valence-electron chi connectivity index (χ1n) is 7.13. The number of esters is 2. The maximum absolute atomic E-state index is 11.5. The van der Waals surface area contributed by atoms with Gasteiger partial charge in [0, 0.05) is 0 Å². The molecule has 0 aromatic heterocycles. The van der Waals surface area contributed by atoms with Crippen LogP contribution in [0.2, 0.25) is 0 Å². The van der Waals surface area contributed by atoms with Crippen molar-refractivity contribution in [2.24, 2.45) is 0 Å². The molecule has 5 heteroatoms. The highest BCUT2D eigenvalue weighted by Crippen LogP contribution is 2.16. The molecule has 0 aliphatic rings. The fraction of sp³-hybridized carbons (Fsp3) is 0.500. The number of benzene rings is 1. The van der Waals surface area contributed by atoms with Crippen LogP contribution in [0.1, 0.15) is 31.7 Å². The van der Waals surface area contributed by atoms with E-state index >= 15 is 0 Å². The Hall–Kier alpha value is -1.88. The van der Waals surface area contributed by atoms with Gasteiger partial charge in [0.1, 0.15) is 19.0 Å². The lowest BCUT2D eigenvalue weighted by atomic mass is 10.2. The van der Waals surface area contributed by atoms with Crippen molar-refractivity contribution in [1.29, 1.82) is 0 Å². The molecule has 0 bridgehead atoms. The molecule has 0 heterocycles. The Balaban J connectivity index is 2.16. The molecule has 1 rings (SSSR count). The van der Waals surface area contributed by atoms with Crippen LogP contribution in [0.25, 0.3) is 0 Å². The third-order valence-electron chi connectivity index (χ3n) is 2.77. The molecule has 0 spiro atoms. The quantitative estimate of drug-likeness (QED) is 0.398. The molecule has 0 amide bonds. The van der Waals surface area contributed by atoms with Crippen LogP contribution in [0, 0.1) is 6.92 Å². The van der Waals surface area contributed by atoms with Gasteiger partial charge in [-0.15, -0.1) is 0 Å². The highest BCUT2D eigenvalue weighted by molar-refractivity contribution is 5.75. The SMILES string of the molecule is CCCCCOC(=O)COCC(=O)Oc1ccccc1C. The summed E-state index contributed by atoms with van der Waals surface area (Å²) in [6.07, 6.45) is 2.94. The molecule has 0 fully saturated rings.